The van der Waals surface area contributed by atoms with Gasteiger partial charge in [0.25, 0.3) is 0 Å². The van der Waals surface area contributed by atoms with Crippen molar-refractivity contribution in [2.24, 2.45) is 0 Å². The van der Waals surface area contributed by atoms with Gasteiger partial charge < -0.3 is 20.0 Å². The van der Waals surface area contributed by atoms with Crippen LogP contribution < -0.4 is 10.2 Å². The van der Waals surface area contributed by atoms with Crippen molar-refractivity contribution in [3.8, 4) is 0 Å². The zero-order valence-electron chi connectivity index (χ0n) is 16.7. The predicted octanol–water partition coefficient (Wildman–Crippen LogP) is 3.09. The van der Waals surface area contributed by atoms with Gasteiger partial charge in [-0.05, 0) is 67.7 Å². The lowest BCUT2D eigenvalue weighted by atomic mass is 10.1. The van der Waals surface area contributed by atoms with Crippen molar-refractivity contribution in [3.63, 3.8) is 0 Å². The number of piperazine rings is 1. The van der Waals surface area contributed by atoms with Gasteiger partial charge in [0.15, 0.2) is 5.78 Å². The number of benzene rings is 1. The van der Waals surface area contributed by atoms with Crippen molar-refractivity contribution < 1.29 is 9.59 Å². The van der Waals surface area contributed by atoms with Gasteiger partial charge >= 0.3 is 6.03 Å². The molecular weight excluding hydrogens is 372 g/mol. The van der Waals surface area contributed by atoms with Crippen LogP contribution in [0.1, 0.15) is 28.9 Å². The molecule has 1 atom stereocenters. The fraction of sp³-hybridized carbons (Fsp3) is 0.429. The van der Waals surface area contributed by atoms with Crippen LogP contribution in [0.4, 0.5) is 10.5 Å². The molecule has 0 saturated carbocycles. The molecule has 1 aromatic heterocycles. The second-order valence-corrected chi connectivity index (χ2v) is 8.08. The van der Waals surface area contributed by atoms with E-state index in [2.05, 4.69) is 31.9 Å². The van der Waals surface area contributed by atoms with Gasteiger partial charge in [-0.3, -0.25) is 4.79 Å². The van der Waals surface area contributed by atoms with Crippen LogP contribution in [0.2, 0.25) is 0 Å². The first-order chi connectivity index (χ1) is 13.5. The van der Waals surface area contributed by atoms with Gasteiger partial charge in [-0.2, -0.15) is 11.3 Å². The Morgan fingerprint density at radius 1 is 1.11 bits per heavy atom. The largest absolute Gasteiger partial charge is 0.368 e. The van der Waals surface area contributed by atoms with E-state index < -0.39 is 0 Å². The van der Waals surface area contributed by atoms with E-state index in [4.69, 9.17) is 0 Å². The summed E-state index contributed by atoms with van der Waals surface area (Å²) in [6.07, 6.45) is 0. The van der Waals surface area contributed by atoms with Crippen molar-refractivity contribution >= 4 is 28.8 Å². The van der Waals surface area contributed by atoms with E-state index in [0.717, 1.165) is 24.3 Å². The number of hydrogen-bond acceptors (Lipinski definition) is 5. The second-order valence-electron chi connectivity index (χ2n) is 7.30. The van der Waals surface area contributed by atoms with Crippen LogP contribution in [-0.4, -0.2) is 68.4 Å². The minimum Gasteiger partial charge on any atom is -0.368 e. The van der Waals surface area contributed by atoms with Gasteiger partial charge in [-0.1, -0.05) is 0 Å². The molecule has 1 aliphatic heterocycles. The van der Waals surface area contributed by atoms with E-state index >= 15 is 0 Å². The summed E-state index contributed by atoms with van der Waals surface area (Å²) in [4.78, 5) is 30.3. The van der Waals surface area contributed by atoms with Crippen LogP contribution in [0.25, 0.3) is 0 Å². The Hall–Kier alpha value is -2.38. The monoisotopic (exact) mass is 400 g/mol. The number of hydrogen-bond donors (Lipinski definition) is 1. The summed E-state index contributed by atoms with van der Waals surface area (Å²) >= 11 is 1.67. The third-order valence-electron chi connectivity index (χ3n) is 5.20. The van der Waals surface area contributed by atoms with Crippen molar-refractivity contribution in [3.05, 3.63) is 52.2 Å². The van der Waals surface area contributed by atoms with Crippen molar-refractivity contribution in [2.75, 3.05) is 51.7 Å². The molecule has 7 heteroatoms. The number of anilines is 1. The first-order valence-corrected chi connectivity index (χ1v) is 10.5. The Labute approximate surface area is 170 Å². The lowest BCUT2D eigenvalue weighted by molar-refractivity contribution is 0.101. The molecule has 2 aromatic rings. The molecule has 0 bridgehead atoms. The Morgan fingerprint density at radius 2 is 1.79 bits per heavy atom. The molecule has 150 valence electrons. The highest BCUT2D eigenvalue weighted by molar-refractivity contribution is 7.07. The molecule has 1 N–H and O–H groups in total. The second kappa shape index (κ2) is 9.21. The summed E-state index contributed by atoms with van der Waals surface area (Å²) in [5.41, 5.74) is 3.05. The highest BCUT2D eigenvalue weighted by atomic mass is 32.1. The molecule has 1 unspecified atom stereocenters. The summed E-state index contributed by atoms with van der Waals surface area (Å²) in [5, 5.41) is 7.29. The first kappa shape index (κ1) is 20.4. The molecule has 1 saturated heterocycles. The molecule has 2 heterocycles. The van der Waals surface area contributed by atoms with Gasteiger partial charge in [-0.25, -0.2) is 4.79 Å². The Bertz CT molecular complexity index is 781. The van der Waals surface area contributed by atoms with E-state index in [9.17, 15) is 9.59 Å². The summed E-state index contributed by atoms with van der Waals surface area (Å²) < 4.78 is 0. The lowest BCUT2D eigenvalue weighted by Crippen LogP contribution is -2.52. The lowest BCUT2D eigenvalue weighted by Gasteiger charge is -2.36. The highest BCUT2D eigenvalue weighted by Gasteiger charge is 2.23. The third-order valence-corrected chi connectivity index (χ3v) is 5.91. The molecule has 0 radical (unpaired) electrons. The number of ketones is 1. The summed E-state index contributed by atoms with van der Waals surface area (Å²) in [6.45, 7) is 5.11. The van der Waals surface area contributed by atoms with Crippen molar-refractivity contribution in [1.29, 1.82) is 0 Å². The summed E-state index contributed by atoms with van der Waals surface area (Å²) in [6, 6.07) is 9.97. The average molecular weight is 401 g/mol. The Morgan fingerprint density at radius 3 is 2.32 bits per heavy atom. The number of thiophene rings is 1. The van der Waals surface area contributed by atoms with Crippen LogP contribution in [0.15, 0.2) is 41.1 Å². The Kier molecular flexibility index (Phi) is 6.70. The van der Waals surface area contributed by atoms with E-state index in [0.29, 0.717) is 19.6 Å². The molecule has 28 heavy (non-hydrogen) atoms. The summed E-state index contributed by atoms with van der Waals surface area (Å²) in [7, 11) is 4.06. The number of nitrogens with one attached hydrogen (secondary N) is 1. The van der Waals surface area contributed by atoms with E-state index in [1.165, 1.54) is 5.56 Å². The standard InChI is InChI=1S/C21H28N4O2S/c1-16(26)17-4-6-19(7-5-17)24-9-11-25(12-10-24)21(27)22-14-20(23(2)3)18-8-13-28-15-18/h4-8,13,15,20H,9-12,14H2,1-3H3,(H,22,27). The number of likely N-dealkylation sites (N-methyl/N-ethyl adjacent to an activating group) is 1. The number of urea groups is 1. The number of Topliss-reactive ketones (excluding diaryl/α,β-unsaturated/α-hetero) is 1. The Balaban J connectivity index is 1.50. The van der Waals surface area contributed by atoms with Crippen LogP contribution >= 0.6 is 11.3 Å². The fourth-order valence-electron chi connectivity index (χ4n) is 3.43. The number of carbonyl (C=O) groups is 2. The normalized spacial score (nSPS) is 15.6. The first-order valence-electron chi connectivity index (χ1n) is 9.53. The van der Waals surface area contributed by atoms with E-state index in [1.807, 2.05) is 43.3 Å². The maximum atomic E-state index is 12.6. The maximum absolute atomic E-state index is 12.6. The molecule has 0 aliphatic carbocycles. The molecule has 1 fully saturated rings. The molecule has 3 rings (SSSR count). The van der Waals surface area contributed by atoms with Crippen LogP contribution in [0.5, 0.6) is 0 Å². The molecule has 1 aromatic carbocycles. The SMILES string of the molecule is CC(=O)c1ccc(N2CCN(C(=O)NCC(c3ccsc3)N(C)C)CC2)cc1. The number of amides is 2. The van der Waals surface area contributed by atoms with Crippen LogP contribution in [-0.2, 0) is 0 Å². The topological polar surface area (TPSA) is 55.9 Å². The van der Waals surface area contributed by atoms with Gasteiger partial charge in [0, 0.05) is 44.0 Å². The van der Waals surface area contributed by atoms with Crippen molar-refractivity contribution in [2.45, 2.75) is 13.0 Å². The number of carbonyl (C=O) groups excluding carboxylic acids is 2. The van der Waals surface area contributed by atoms with Crippen LogP contribution in [0, 0.1) is 0 Å². The predicted molar refractivity (Wildman–Crippen MR) is 114 cm³/mol. The van der Waals surface area contributed by atoms with E-state index in [1.54, 1.807) is 18.3 Å². The maximum Gasteiger partial charge on any atom is 0.317 e. The van der Waals surface area contributed by atoms with Gasteiger partial charge in [0.2, 0.25) is 0 Å². The minimum atomic E-state index is -0.00587. The van der Waals surface area contributed by atoms with Crippen LogP contribution in [0.3, 0.4) is 0 Å². The van der Waals surface area contributed by atoms with Gasteiger partial charge in [0.05, 0.1) is 6.04 Å². The van der Waals surface area contributed by atoms with Gasteiger partial charge in [0.1, 0.15) is 0 Å². The molecular formula is C21H28N4O2S. The average Bonchev–Trinajstić information content (AvgIpc) is 3.22. The molecule has 6 nitrogen and oxygen atoms in total. The molecule has 1 aliphatic rings. The quantitative estimate of drug-likeness (QED) is 0.757. The zero-order valence-corrected chi connectivity index (χ0v) is 17.5. The summed E-state index contributed by atoms with van der Waals surface area (Å²) in [5.74, 6) is 0.0755. The zero-order chi connectivity index (χ0) is 20.1. The highest BCUT2D eigenvalue weighted by Crippen LogP contribution is 2.21. The van der Waals surface area contributed by atoms with Crippen molar-refractivity contribution in [1.82, 2.24) is 15.1 Å². The smallest absolute Gasteiger partial charge is 0.317 e. The molecule has 0 spiro atoms. The number of rotatable bonds is 6. The minimum absolute atomic E-state index is 0.00587. The fourth-order valence-corrected chi connectivity index (χ4v) is 4.14. The van der Waals surface area contributed by atoms with E-state index in [-0.39, 0.29) is 17.9 Å². The number of nitrogens with zero attached hydrogens (tertiary/aromatic N) is 3. The molecule has 2 amide bonds. The third kappa shape index (κ3) is 4.91. The van der Waals surface area contributed by atoms with Gasteiger partial charge in [-0.15, -0.1) is 0 Å².